The SMILES string of the molecule is CCCC(NC(=O)c1sc(N(C)C)nc1N)c1cccs1. The van der Waals surface area contributed by atoms with Gasteiger partial charge in [-0.05, 0) is 17.9 Å². The number of carbonyl (C=O) groups excluding carboxylic acids is 1. The maximum absolute atomic E-state index is 12.4. The fourth-order valence-electron chi connectivity index (χ4n) is 1.96. The Kier molecular flexibility index (Phi) is 5.19. The summed E-state index contributed by atoms with van der Waals surface area (Å²) < 4.78 is 0. The Morgan fingerprint density at radius 1 is 1.52 bits per heavy atom. The van der Waals surface area contributed by atoms with E-state index >= 15 is 0 Å². The van der Waals surface area contributed by atoms with Crippen LogP contribution < -0.4 is 16.0 Å². The number of carbonyl (C=O) groups is 1. The average Bonchev–Trinajstić information content (AvgIpc) is 3.07. The van der Waals surface area contributed by atoms with Gasteiger partial charge in [-0.15, -0.1) is 11.3 Å². The van der Waals surface area contributed by atoms with Crippen LogP contribution in [-0.4, -0.2) is 25.0 Å². The van der Waals surface area contributed by atoms with Crippen LogP contribution >= 0.6 is 22.7 Å². The van der Waals surface area contributed by atoms with Gasteiger partial charge < -0.3 is 16.0 Å². The number of thiazole rings is 1. The second-order valence-electron chi connectivity index (χ2n) is 4.94. The first kappa shape index (κ1) is 15.8. The highest BCUT2D eigenvalue weighted by Gasteiger charge is 2.21. The van der Waals surface area contributed by atoms with Crippen LogP contribution in [0.5, 0.6) is 0 Å². The van der Waals surface area contributed by atoms with Crippen LogP contribution in [-0.2, 0) is 0 Å². The van der Waals surface area contributed by atoms with Crippen molar-refractivity contribution in [2.24, 2.45) is 0 Å². The molecule has 3 N–H and O–H groups in total. The Balaban J connectivity index is 2.15. The van der Waals surface area contributed by atoms with Crippen molar-refractivity contribution in [1.82, 2.24) is 10.3 Å². The normalized spacial score (nSPS) is 12.1. The van der Waals surface area contributed by atoms with Gasteiger partial charge in [0.05, 0.1) is 6.04 Å². The summed E-state index contributed by atoms with van der Waals surface area (Å²) in [6, 6.07) is 4.08. The lowest BCUT2D eigenvalue weighted by Gasteiger charge is -2.16. The summed E-state index contributed by atoms with van der Waals surface area (Å²) in [7, 11) is 3.76. The standard InChI is InChI=1S/C14H20N4OS2/c1-4-6-9(10-7-5-8-20-10)16-13(19)11-12(15)17-14(21-11)18(2)3/h5,7-9H,4,6,15H2,1-3H3,(H,16,19). The molecule has 2 rings (SSSR count). The van der Waals surface area contributed by atoms with E-state index in [1.807, 2.05) is 36.5 Å². The van der Waals surface area contributed by atoms with Crippen molar-refractivity contribution < 1.29 is 4.79 Å². The molecule has 2 aromatic rings. The van der Waals surface area contributed by atoms with Gasteiger partial charge in [0.15, 0.2) is 5.13 Å². The lowest BCUT2D eigenvalue weighted by molar-refractivity contribution is 0.0940. The minimum atomic E-state index is -0.148. The number of nitrogens with one attached hydrogen (secondary N) is 1. The van der Waals surface area contributed by atoms with E-state index in [0.29, 0.717) is 10.7 Å². The molecule has 1 atom stereocenters. The molecular formula is C14H20N4OS2. The van der Waals surface area contributed by atoms with Gasteiger partial charge in [-0.3, -0.25) is 4.79 Å². The highest BCUT2D eigenvalue weighted by Crippen LogP contribution is 2.29. The topological polar surface area (TPSA) is 71.2 Å². The Hall–Kier alpha value is -1.60. The van der Waals surface area contributed by atoms with E-state index in [0.717, 1.165) is 18.0 Å². The van der Waals surface area contributed by atoms with Crippen molar-refractivity contribution in [3.05, 3.63) is 27.3 Å². The molecule has 0 bridgehead atoms. The number of nitrogens with zero attached hydrogens (tertiary/aromatic N) is 2. The molecule has 0 saturated carbocycles. The molecule has 0 aliphatic carbocycles. The molecule has 0 spiro atoms. The first-order chi connectivity index (χ1) is 10.0. The number of rotatable bonds is 6. The van der Waals surface area contributed by atoms with Gasteiger partial charge in [-0.25, -0.2) is 4.98 Å². The molecule has 21 heavy (non-hydrogen) atoms. The number of hydrogen-bond donors (Lipinski definition) is 2. The quantitative estimate of drug-likeness (QED) is 0.856. The highest BCUT2D eigenvalue weighted by atomic mass is 32.1. The third-order valence-electron chi connectivity index (χ3n) is 3.00. The third kappa shape index (κ3) is 3.74. The van der Waals surface area contributed by atoms with Gasteiger partial charge in [0, 0.05) is 19.0 Å². The Bertz CT molecular complexity index is 592. The van der Waals surface area contributed by atoms with Gasteiger partial charge in [0.1, 0.15) is 10.7 Å². The second-order valence-corrected chi connectivity index (χ2v) is 6.89. The number of thiophene rings is 1. The first-order valence-electron chi connectivity index (χ1n) is 6.80. The van der Waals surface area contributed by atoms with Gasteiger partial charge in [-0.2, -0.15) is 0 Å². The highest BCUT2D eigenvalue weighted by molar-refractivity contribution is 7.18. The summed E-state index contributed by atoms with van der Waals surface area (Å²) in [6.07, 6.45) is 1.91. The summed E-state index contributed by atoms with van der Waals surface area (Å²) in [5.41, 5.74) is 5.86. The lowest BCUT2D eigenvalue weighted by atomic mass is 10.1. The molecular weight excluding hydrogens is 304 g/mol. The lowest BCUT2D eigenvalue weighted by Crippen LogP contribution is -2.27. The van der Waals surface area contributed by atoms with Crippen molar-refractivity contribution in [1.29, 1.82) is 0 Å². The molecule has 0 saturated heterocycles. The Morgan fingerprint density at radius 3 is 2.81 bits per heavy atom. The van der Waals surface area contributed by atoms with Crippen LogP contribution in [0.1, 0.15) is 40.4 Å². The van der Waals surface area contributed by atoms with Gasteiger partial charge in [-0.1, -0.05) is 30.7 Å². The number of aromatic nitrogens is 1. The van der Waals surface area contributed by atoms with E-state index in [1.54, 1.807) is 11.3 Å². The van der Waals surface area contributed by atoms with Crippen molar-refractivity contribution >= 4 is 39.5 Å². The van der Waals surface area contributed by atoms with Crippen LogP contribution in [0.4, 0.5) is 10.9 Å². The number of hydrogen-bond acceptors (Lipinski definition) is 6. The molecule has 2 heterocycles. The first-order valence-corrected chi connectivity index (χ1v) is 8.50. The van der Waals surface area contributed by atoms with Crippen LogP contribution in [0.25, 0.3) is 0 Å². The van der Waals surface area contributed by atoms with Gasteiger partial charge >= 0.3 is 0 Å². The second kappa shape index (κ2) is 6.91. The zero-order valence-corrected chi connectivity index (χ0v) is 14.1. The minimum absolute atomic E-state index is 0.0341. The van der Waals surface area contributed by atoms with Gasteiger partial charge in [0.25, 0.3) is 5.91 Å². The zero-order valence-electron chi connectivity index (χ0n) is 12.4. The van der Waals surface area contributed by atoms with Crippen LogP contribution in [0.15, 0.2) is 17.5 Å². The molecule has 0 aliphatic rings. The largest absolute Gasteiger partial charge is 0.382 e. The van der Waals surface area contributed by atoms with Crippen LogP contribution in [0.3, 0.4) is 0 Å². The number of amides is 1. The van der Waals surface area contributed by atoms with E-state index < -0.39 is 0 Å². The summed E-state index contributed by atoms with van der Waals surface area (Å²) in [5.74, 6) is 0.146. The molecule has 0 radical (unpaired) electrons. The van der Waals surface area contributed by atoms with Crippen LogP contribution in [0.2, 0.25) is 0 Å². The zero-order chi connectivity index (χ0) is 15.4. The van der Waals surface area contributed by atoms with E-state index in [2.05, 4.69) is 17.2 Å². The summed E-state index contributed by atoms with van der Waals surface area (Å²) >= 11 is 2.97. The maximum atomic E-state index is 12.4. The van der Waals surface area contributed by atoms with Crippen molar-refractivity contribution in [3.8, 4) is 0 Å². The minimum Gasteiger partial charge on any atom is -0.382 e. The number of anilines is 2. The molecule has 7 heteroatoms. The molecule has 1 amide bonds. The average molecular weight is 324 g/mol. The fourth-order valence-corrected chi connectivity index (χ4v) is 3.59. The predicted molar refractivity (Wildman–Crippen MR) is 90.3 cm³/mol. The van der Waals surface area contributed by atoms with E-state index in [-0.39, 0.29) is 11.9 Å². The Morgan fingerprint density at radius 2 is 2.29 bits per heavy atom. The smallest absolute Gasteiger partial charge is 0.265 e. The summed E-state index contributed by atoms with van der Waals surface area (Å²) in [5, 5.41) is 5.83. The van der Waals surface area contributed by atoms with E-state index in [4.69, 9.17) is 5.73 Å². The van der Waals surface area contributed by atoms with E-state index in [9.17, 15) is 4.79 Å². The summed E-state index contributed by atoms with van der Waals surface area (Å²) in [6.45, 7) is 2.11. The van der Waals surface area contributed by atoms with Gasteiger partial charge in [0.2, 0.25) is 0 Å². The monoisotopic (exact) mass is 324 g/mol. The molecule has 114 valence electrons. The third-order valence-corrected chi connectivity index (χ3v) is 5.22. The number of nitrogen functional groups attached to an aromatic ring is 1. The molecule has 1 unspecified atom stereocenters. The molecule has 0 aromatic carbocycles. The van der Waals surface area contributed by atoms with Crippen molar-refractivity contribution in [2.45, 2.75) is 25.8 Å². The van der Waals surface area contributed by atoms with Crippen molar-refractivity contribution in [2.75, 3.05) is 24.7 Å². The molecule has 0 aliphatic heterocycles. The maximum Gasteiger partial charge on any atom is 0.265 e. The predicted octanol–water partition coefficient (Wildman–Crippen LogP) is 3.12. The Labute approximate surface area is 132 Å². The van der Waals surface area contributed by atoms with Crippen molar-refractivity contribution in [3.63, 3.8) is 0 Å². The van der Waals surface area contributed by atoms with Crippen LogP contribution in [0, 0.1) is 0 Å². The molecule has 5 nitrogen and oxygen atoms in total. The number of nitrogens with two attached hydrogens (primary N) is 1. The summed E-state index contributed by atoms with van der Waals surface area (Å²) in [4.78, 5) is 20.2. The molecule has 2 aromatic heterocycles. The molecule has 0 fully saturated rings. The fraction of sp³-hybridized carbons (Fsp3) is 0.429. The van der Waals surface area contributed by atoms with E-state index in [1.165, 1.54) is 16.2 Å².